The van der Waals surface area contributed by atoms with Crippen LogP contribution in [0.3, 0.4) is 0 Å². The van der Waals surface area contributed by atoms with Crippen LogP contribution in [0.5, 0.6) is 0 Å². The van der Waals surface area contributed by atoms with Crippen LogP contribution < -0.4 is 5.32 Å². The van der Waals surface area contributed by atoms with Crippen molar-refractivity contribution in [2.24, 2.45) is 0 Å². The molecule has 2 aromatic heterocycles. The molecular formula is C15H14N4O2S. The Morgan fingerprint density at radius 2 is 2.18 bits per heavy atom. The molecule has 0 saturated heterocycles. The summed E-state index contributed by atoms with van der Waals surface area (Å²) in [6.07, 6.45) is 3.59. The first-order valence-electron chi connectivity index (χ1n) is 6.67. The number of carbonyl (C=O) groups excluding carboxylic acids is 1. The summed E-state index contributed by atoms with van der Waals surface area (Å²) >= 11 is 1.36. The van der Waals surface area contributed by atoms with E-state index in [0.29, 0.717) is 11.6 Å². The van der Waals surface area contributed by atoms with Crippen molar-refractivity contribution in [2.45, 2.75) is 12.1 Å². The molecule has 0 spiro atoms. The van der Waals surface area contributed by atoms with Gasteiger partial charge in [0.05, 0.1) is 5.75 Å². The molecule has 112 valence electrons. The van der Waals surface area contributed by atoms with Gasteiger partial charge < -0.3 is 9.84 Å². The first kappa shape index (κ1) is 14.4. The second kappa shape index (κ2) is 6.48. The second-order valence-corrected chi connectivity index (χ2v) is 5.52. The lowest BCUT2D eigenvalue weighted by Gasteiger charge is -2.06. The average molecular weight is 314 g/mol. The topological polar surface area (TPSA) is 73.0 Å². The summed E-state index contributed by atoms with van der Waals surface area (Å²) in [7, 11) is 0. The molecule has 0 aliphatic heterocycles. The Bertz CT molecular complexity index is 767. The third kappa shape index (κ3) is 3.37. The van der Waals surface area contributed by atoms with Gasteiger partial charge >= 0.3 is 0 Å². The quantitative estimate of drug-likeness (QED) is 0.733. The molecule has 22 heavy (non-hydrogen) atoms. The third-order valence-electron chi connectivity index (χ3n) is 2.87. The normalized spacial score (nSPS) is 10.6. The number of nitrogens with one attached hydrogen (secondary N) is 1. The smallest absolute Gasteiger partial charge is 0.236 e. The van der Waals surface area contributed by atoms with Crippen molar-refractivity contribution >= 4 is 23.5 Å². The molecule has 7 heteroatoms. The fourth-order valence-corrected chi connectivity index (χ4v) is 2.69. The van der Waals surface area contributed by atoms with Crippen LogP contribution in [-0.2, 0) is 4.79 Å². The highest BCUT2D eigenvalue weighted by molar-refractivity contribution is 7.99. The number of benzene rings is 1. The highest BCUT2D eigenvalue weighted by atomic mass is 32.2. The fraction of sp³-hybridized carbons (Fsp3) is 0.133. The van der Waals surface area contributed by atoms with Crippen molar-refractivity contribution in [3.63, 3.8) is 0 Å². The molecule has 1 aromatic carbocycles. The van der Waals surface area contributed by atoms with E-state index in [1.54, 1.807) is 19.2 Å². The Morgan fingerprint density at radius 3 is 2.91 bits per heavy atom. The van der Waals surface area contributed by atoms with Gasteiger partial charge in [0.15, 0.2) is 11.0 Å². The fourth-order valence-electron chi connectivity index (χ4n) is 1.92. The molecule has 3 aromatic rings. The predicted molar refractivity (Wildman–Crippen MR) is 84.2 cm³/mol. The molecule has 0 saturated carbocycles. The van der Waals surface area contributed by atoms with Gasteiger partial charge in [-0.15, -0.1) is 0 Å². The molecule has 0 aliphatic carbocycles. The zero-order chi connectivity index (χ0) is 15.4. The van der Waals surface area contributed by atoms with E-state index in [2.05, 4.69) is 15.5 Å². The van der Waals surface area contributed by atoms with E-state index in [9.17, 15) is 4.79 Å². The van der Waals surface area contributed by atoms with Crippen molar-refractivity contribution in [1.82, 2.24) is 14.7 Å². The zero-order valence-electron chi connectivity index (χ0n) is 11.9. The lowest BCUT2D eigenvalue weighted by Crippen LogP contribution is -2.14. The van der Waals surface area contributed by atoms with Gasteiger partial charge in [-0.2, -0.15) is 0 Å². The number of imidazole rings is 1. The van der Waals surface area contributed by atoms with E-state index in [-0.39, 0.29) is 11.7 Å². The molecule has 0 atom stereocenters. The number of aryl methyl sites for hydroxylation is 1. The first-order valence-corrected chi connectivity index (χ1v) is 7.65. The molecule has 3 rings (SSSR count). The van der Waals surface area contributed by atoms with Gasteiger partial charge in [0.2, 0.25) is 5.91 Å². The van der Waals surface area contributed by atoms with Gasteiger partial charge in [-0.25, -0.2) is 4.98 Å². The van der Waals surface area contributed by atoms with E-state index in [4.69, 9.17) is 4.52 Å². The first-order chi connectivity index (χ1) is 10.7. The number of rotatable bonds is 5. The Labute approximate surface area is 131 Å². The van der Waals surface area contributed by atoms with Crippen LogP contribution in [0.1, 0.15) is 5.76 Å². The van der Waals surface area contributed by atoms with Gasteiger partial charge in [-0.3, -0.25) is 9.36 Å². The van der Waals surface area contributed by atoms with Gasteiger partial charge in [-0.05, 0) is 19.1 Å². The monoisotopic (exact) mass is 314 g/mol. The van der Waals surface area contributed by atoms with Gasteiger partial charge in [0.25, 0.3) is 0 Å². The Kier molecular flexibility index (Phi) is 4.24. The summed E-state index contributed by atoms with van der Waals surface area (Å²) in [4.78, 5) is 16.2. The number of carbonyl (C=O) groups is 1. The van der Waals surface area contributed by atoms with E-state index in [0.717, 1.165) is 10.8 Å². The molecular weight excluding hydrogens is 300 g/mol. The number of amides is 1. The molecule has 2 heterocycles. The minimum Gasteiger partial charge on any atom is -0.360 e. The summed E-state index contributed by atoms with van der Waals surface area (Å²) < 4.78 is 6.85. The van der Waals surface area contributed by atoms with Crippen LogP contribution in [0.15, 0.2) is 58.5 Å². The van der Waals surface area contributed by atoms with Gasteiger partial charge in [0.1, 0.15) is 5.76 Å². The van der Waals surface area contributed by atoms with Crippen LogP contribution in [0.2, 0.25) is 0 Å². The lowest BCUT2D eigenvalue weighted by molar-refractivity contribution is -0.113. The highest BCUT2D eigenvalue weighted by Gasteiger charge is 2.10. The van der Waals surface area contributed by atoms with Crippen LogP contribution in [-0.4, -0.2) is 26.4 Å². The van der Waals surface area contributed by atoms with E-state index < -0.39 is 0 Å². The van der Waals surface area contributed by atoms with Crippen LogP contribution >= 0.6 is 11.8 Å². The molecule has 0 radical (unpaired) electrons. The van der Waals surface area contributed by atoms with Gasteiger partial charge in [-0.1, -0.05) is 35.1 Å². The summed E-state index contributed by atoms with van der Waals surface area (Å²) in [6, 6.07) is 11.5. The zero-order valence-corrected chi connectivity index (χ0v) is 12.7. The molecule has 0 fully saturated rings. The minimum absolute atomic E-state index is 0.152. The predicted octanol–water partition coefficient (Wildman–Crippen LogP) is 2.90. The van der Waals surface area contributed by atoms with Gasteiger partial charge in [0, 0.05) is 24.1 Å². The minimum atomic E-state index is -0.152. The maximum Gasteiger partial charge on any atom is 0.236 e. The molecule has 0 aliphatic rings. The van der Waals surface area contributed by atoms with Crippen molar-refractivity contribution < 1.29 is 9.32 Å². The maximum absolute atomic E-state index is 11.9. The lowest BCUT2D eigenvalue weighted by atomic mass is 10.3. The van der Waals surface area contributed by atoms with Crippen LogP contribution in [0, 0.1) is 6.92 Å². The van der Waals surface area contributed by atoms with Crippen LogP contribution in [0.25, 0.3) is 5.69 Å². The number of thioether (sulfide) groups is 1. The number of aromatic nitrogens is 3. The molecule has 1 N–H and O–H groups in total. The third-order valence-corrected chi connectivity index (χ3v) is 3.84. The number of nitrogens with zero attached hydrogens (tertiary/aromatic N) is 3. The Morgan fingerprint density at radius 1 is 1.36 bits per heavy atom. The van der Waals surface area contributed by atoms with E-state index >= 15 is 0 Å². The second-order valence-electron chi connectivity index (χ2n) is 4.58. The van der Waals surface area contributed by atoms with E-state index in [1.165, 1.54) is 11.8 Å². The summed E-state index contributed by atoms with van der Waals surface area (Å²) in [5.74, 6) is 1.17. The summed E-state index contributed by atoms with van der Waals surface area (Å²) in [5, 5.41) is 7.17. The van der Waals surface area contributed by atoms with Crippen molar-refractivity contribution in [3.05, 3.63) is 54.6 Å². The largest absolute Gasteiger partial charge is 0.360 e. The molecule has 0 unspecified atom stereocenters. The van der Waals surface area contributed by atoms with Crippen molar-refractivity contribution in [1.29, 1.82) is 0 Å². The van der Waals surface area contributed by atoms with Crippen LogP contribution in [0.4, 0.5) is 5.82 Å². The standard InChI is InChI=1S/C15H14N4O2S/c1-11-9-13(18-21-11)17-14(20)10-22-15-16-7-8-19(15)12-5-3-2-4-6-12/h2-9H,10H2,1H3,(H,17,18,20). The number of para-hydroxylation sites is 1. The summed E-state index contributed by atoms with van der Waals surface area (Å²) in [5.41, 5.74) is 1.01. The summed E-state index contributed by atoms with van der Waals surface area (Å²) in [6.45, 7) is 1.77. The molecule has 1 amide bonds. The number of anilines is 1. The SMILES string of the molecule is Cc1cc(NC(=O)CSc2nccn2-c2ccccc2)no1. The number of hydrogen-bond acceptors (Lipinski definition) is 5. The highest BCUT2D eigenvalue weighted by Crippen LogP contribution is 2.20. The Balaban J connectivity index is 1.63. The van der Waals surface area contributed by atoms with E-state index in [1.807, 2.05) is 41.1 Å². The molecule has 6 nitrogen and oxygen atoms in total. The van der Waals surface area contributed by atoms with Crippen molar-refractivity contribution in [3.8, 4) is 5.69 Å². The van der Waals surface area contributed by atoms with Crippen molar-refractivity contribution in [2.75, 3.05) is 11.1 Å². The number of hydrogen-bond donors (Lipinski definition) is 1. The Hall–Kier alpha value is -2.54. The maximum atomic E-state index is 11.9. The average Bonchev–Trinajstić information content (AvgIpc) is 3.15. The molecule has 0 bridgehead atoms.